The zero-order chi connectivity index (χ0) is 17.3. The topological polar surface area (TPSA) is 23.6 Å². The number of rotatable bonds is 3. The molecule has 0 spiro atoms. The lowest BCUT2D eigenvalue weighted by atomic mass is 9.93. The SMILES string of the molecule is CN(C)C(=O)c1c(-c2ccc(N(C)C)cc2)ccc2ccccc12. The van der Waals surface area contributed by atoms with Crippen LogP contribution in [0.4, 0.5) is 5.69 Å². The van der Waals surface area contributed by atoms with E-state index in [9.17, 15) is 4.79 Å². The molecule has 1 amide bonds. The van der Waals surface area contributed by atoms with Gasteiger partial charge in [0, 0.05) is 33.9 Å². The molecule has 3 nitrogen and oxygen atoms in total. The average Bonchev–Trinajstić information content (AvgIpc) is 2.60. The van der Waals surface area contributed by atoms with Crippen LogP contribution in [0.25, 0.3) is 21.9 Å². The normalized spacial score (nSPS) is 10.7. The van der Waals surface area contributed by atoms with E-state index in [2.05, 4.69) is 35.2 Å². The monoisotopic (exact) mass is 318 g/mol. The van der Waals surface area contributed by atoms with Gasteiger partial charge < -0.3 is 9.80 Å². The molecule has 3 aromatic carbocycles. The molecule has 0 saturated heterocycles. The third-order valence-corrected chi connectivity index (χ3v) is 4.24. The van der Waals surface area contributed by atoms with Crippen molar-refractivity contribution in [2.24, 2.45) is 0 Å². The molecule has 24 heavy (non-hydrogen) atoms. The van der Waals surface area contributed by atoms with Crippen LogP contribution in [0.1, 0.15) is 10.4 Å². The van der Waals surface area contributed by atoms with E-state index in [4.69, 9.17) is 0 Å². The van der Waals surface area contributed by atoms with Crippen molar-refractivity contribution < 1.29 is 4.79 Å². The van der Waals surface area contributed by atoms with Crippen molar-refractivity contribution >= 4 is 22.4 Å². The zero-order valence-electron chi connectivity index (χ0n) is 14.6. The second-order valence-electron chi connectivity index (χ2n) is 6.35. The maximum atomic E-state index is 12.8. The number of fused-ring (bicyclic) bond motifs is 1. The fourth-order valence-electron chi connectivity index (χ4n) is 2.91. The third kappa shape index (κ3) is 2.85. The summed E-state index contributed by atoms with van der Waals surface area (Å²) in [6.45, 7) is 0. The maximum absolute atomic E-state index is 12.8. The largest absolute Gasteiger partial charge is 0.378 e. The fourth-order valence-corrected chi connectivity index (χ4v) is 2.91. The van der Waals surface area contributed by atoms with Crippen molar-refractivity contribution in [1.29, 1.82) is 0 Å². The van der Waals surface area contributed by atoms with Crippen LogP contribution in [0.5, 0.6) is 0 Å². The van der Waals surface area contributed by atoms with Gasteiger partial charge in [-0.15, -0.1) is 0 Å². The zero-order valence-corrected chi connectivity index (χ0v) is 14.6. The van der Waals surface area contributed by atoms with Gasteiger partial charge in [-0.2, -0.15) is 0 Å². The standard InChI is InChI=1S/C21H22N2O/c1-22(2)17-12-9-16(10-13-17)19-14-11-15-7-5-6-8-18(15)20(19)21(24)23(3)4/h5-14H,1-4H3. The molecular formula is C21H22N2O. The van der Waals surface area contributed by atoms with E-state index < -0.39 is 0 Å². The number of nitrogens with zero attached hydrogens (tertiary/aromatic N) is 2. The lowest BCUT2D eigenvalue weighted by Crippen LogP contribution is -2.22. The van der Waals surface area contributed by atoms with Gasteiger partial charge in [0.15, 0.2) is 0 Å². The molecule has 0 fully saturated rings. The Morgan fingerprint density at radius 2 is 1.46 bits per heavy atom. The van der Waals surface area contributed by atoms with Crippen LogP contribution in [0, 0.1) is 0 Å². The molecule has 0 unspecified atom stereocenters. The summed E-state index contributed by atoms with van der Waals surface area (Å²) in [5.74, 6) is 0.0264. The number of benzene rings is 3. The quantitative estimate of drug-likeness (QED) is 0.720. The Hall–Kier alpha value is -2.81. The minimum absolute atomic E-state index is 0.0264. The van der Waals surface area contributed by atoms with Crippen LogP contribution in [-0.4, -0.2) is 39.0 Å². The number of hydrogen-bond donors (Lipinski definition) is 0. The summed E-state index contributed by atoms with van der Waals surface area (Å²) in [6, 6.07) is 20.5. The van der Waals surface area contributed by atoms with Crippen LogP contribution >= 0.6 is 0 Å². The Morgan fingerprint density at radius 1 is 0.792 bits per heavy atom. The van der Waals surface area contributed by atoms with E-state index in [0.29, 0.717) is 0 Å². The highest BCUT2D eigenvalue weighted by molar-refractivity contribution is 6.12. The van der Waals surface area contributed by atoms with E-state index in [1.54, 1.807) is 19.0 Å². The molecule has 0 aliphatic carbocycles. The molecule has 0 heterocycles. The molecule has 0 aliphatic rings. The molecule has 3 heteroatoms. The van der Waals surface area contributed by atoms with Crippen molar-refractivity contribution in [3.8, 4) is 11.1 Å². The summed E-state index contributed by atoms with van der Waals surface area (Å²) < 4.78 is 0. The summed E-state index contributed by atoms with van der Waals surface area (Å²) in [4.78, 5) is 16.5. The predicted octanol–water partition coefficient (Wildman–Crippen LogP) is 4.27. The van der Waals surface area contributed by atoms with Gasteiger partial charge in [0.2, 0.25) is 0 Å². The number of anilines is 1. The van der Waals surface area contributed by atoms with Gasteiger partial charge in [-0.25, -0.2) is 0 Å². The fraction of sp³-hybridized carbons (Fsp3) is 0.190. The average molecular weight is 318 g/mol. The van der Waals surface area contributed by atoms with Crippen LogP contribution in [0.2, 0.25) is 0 Å². The lowest BCUT2D eigenvalue weighted by Gasteiger charge is -2.18. The van der Waals surface area contributed by atoms with E-state index in [1.807, 2.05) is 44.4 Å². The summed E-state index contributed by atoms with van der Waals surface area (Å²) >= 11 is 0. The van der Waals surface area contributed by atoms with E-state index >= 15 is 0 Å². The molecule has 0 aliphatic heterocycles. The summed E-state index contributed by atoms with van der Waals surface area (Å²) in [5, 5.41) is 2.07. The molecule has 0 atom stereocenters. The molecule has 0 aromatic heterocycles. The van der Waals surface area contributed by atoms with Crippen molar-refractivity contribution in [1.82, 2.24) is 4.90 Å². The van der Waals surface area contributed by atoms with E-state index in [1.165, 1.54) is 0 Å². The second kappa shape index (κ2) is 6.36. The van der Waals surface area contributed by atoms with E-state index in [0.717, 1.165) is 33.2 Å². The highest BCUT2D eigenvalue weighted by atomic mass is 16.2. The molecule has 0 N–H and O–H groups in total. The number of carbonyl (C=O) groups excluding carboxylic acids is 1. The van der Waals surface area contributed by atoms with Gasteiger partial charge in [0.1, 0.15) is 0 Å². The second-order valence-corrected chi connectivity index (χ2v) is 6.35. The van der Waals surface area contributed by atoms with Gasteiger partial charge in [-0.3, -0.25) is 4.79 Å². The Kier molecular flexibility index (Phi) is 4.26. The molecule has 3 aromatic rings. The molecular weight excluding hydrogens is 296 g/mol. The number of carbonyl (C=O) groups is 1. The van der Waals surface area contributed by atoms with Gasteiger partial charge in [-0.05, 0) is 34.0 Å². The Labute approximate surface area is 143 Å². The molecule has 0 saturated carbocycles. The first-order valence-electron chi connectivity index (χ1n) is 8.00. The first-order chi connectivity index (χ1) is 11.5. The Morgan fingerprint density at radius 3 is 2.08 bits per heavy atom. The van der Waals surface area contributed by atoms with Crippen LogP contribution in [0.15, 0.2) is 60.7 Å². The molecule has 3 rings (SSSR count). The van der Waals surface area contributed by atoms with Crippen molar-refractivity contribution in [2.45, 2.75) is 0 Å². The predicted molar refractivity (Wildman–Crippen MR) is 102 cm³/mol. The summed E-state index contributed by atoms with van der Waals surface area (Å²) in [6.07, 6.45) is 0. The minimum atomic E-state index is 0.0264. The van der Waals surface area contributed by atoms with Gasteiger partial charge in [0.25, 0.3) is 5.91 Å². The first-order valence-corrected chi connectivity index (χ1v) is 8.00. The van der Waals surface area contributed by atoms with Crippen LogP contribution < -0.4 is 4.90 Å². The van der Waals surface area contributed by atoms with E-state index in [-0.39, 0.29) is 5.91 Å². The highest BCUT2D eigenvalue weighted by Crippen LogP contribution is 2.32. The highest BCUT2D eigenvalue weighted by Gasteiger charge is 2.18. The first kappa shape index (κ1) is 16.1. The minimum Gasteiger partial charge on any atom is -0.378 e. The van der Waals surface area contributed by atoms with Gasteiger partial charge >= 0.3 is 0 Å². The smallest absolute Gasteiger partial charge is 0.254 e. The lowest BCUT2D eigenvalue weighted by molar-refractivity contribution is 0.0830. The Bertz CT molecular complexity index is 880. The molecule has 0 bridgehead atoms. The van der Waals surface area contributed by atoms with Gasteiger partial charge in [0.05, 0.1) is 5.56 Å². The summed E-state index contributed by atoms with van der Waals surface area (Å²) in [7, 11) is 7.63. The third-order valence-electron chi connectivity index (χ3n) is 4.24. The van der Waals surface area contributed by atoms with Crippen molar-refractivity contribution in [3.63, 3.8) is 0 Å². The number of hydrogen-bond acceptors (Lipinski definition) is 2. The van der Waals surface area contributed by atoms with Crippen LogP contribution in [0.3, 0.4) is 0 Å². The molecule has 0 radical (unpaired) electrons. The Balaban J connectivity index is 2.23. The van der Waals surface area contributed by atoms with Crippen LogP contribution in [-0.2, 0) is 0 Å². The molecule has 122 valence electrons. The maximum Gasteiger partial charge on any atom is 0.254 e. The summed E-state index contributed by atoms with van der Waals surface area (Å²) in [5.41, 5.74) is 3.92. The van der Waals surface area contributed by atoms with Crippen molar-refractivity contribution in [2.75, 3.05) is 33.1 Å². The van der Waals surface area contributed by atoms with Crippen molar-refractivity contribution in [3.05, 3.63) is 66.2 Å². The number of amides is 1. The van der Waals surface area contributed by atoms with Gasteiger partial charge in [-0.1, -0.05) is 48.5 Å².